The molecule has 4 amide bonds. The van der Waals surface area contributed by atoms with E-state index >= 15 is 0 Å². The molecule has 4 aromatic rings. The Morgan fingerprint density at radius 2 is 1.50 bits per heavy atom. The Morgan fingerprint density at radius 3 is 2.20 bits per heavy atom. The molecule has 1 saturated carbocycles. The lowest BCUT2D eigenvalue weighted by molar-refractivity contribution is -0.136. The zero-order valence-corrected chi connectivity index (χ0v) is 33.6. The molecule has 3 N–H and O–H groups in total. The molecule has 9 rings (SSSR count). The average molecular weight is 812 g/mol. The lowest BCUT2D eigenvalue weighted by atomic mass is 9.86. The van der Waals surface area contributed by atoms with Crippen LogP contribution in [0.15, 0.2) is 77.8 Å². The van der Waals surface area contributed by atoms with Crippen molar-refractivity contribution in [1.29, 1.82) is 5.41 Å². The number of aliphatic imine (C=N–C) groups is 1. The van der Waals surface area contributed by atoms with Crippen LogP contribution in [0.5, 0.6) is 17.2 Å². The Morgan fingerprint density at radius 1 is 0.817 bits per heavy atom. The first-order chi connectivity index (χ1) is 29.2. The molecule has 4 fully saturated rings. The van der Waals surface area contributed by atoms with E-state index in [0.717, 1.165) is 86.7 Å². The molecule has 2 atom stereocenters. The Hall–Kier alpha value is -6.19. The smallest absolute Gasteiger partial charge is 0.262 e. The molecule has 1 unspecified atom stereocenters. The van der Waals surface area contributed by atoms with Crippen molar-refractivity contribution in [2.24, 2.45) is 4.99 Å². The molecule has 1 aliphatic carbocycles. The van der Waals surface area contributed by atoms with Crippen LogP contribution in [0.3, 0.4) is 0 Å². The molecule has 4 aliphatic heterocycles. The summed E-state index contributed by atoms with van der Waals surface area (Å²) in [4.78, 5) is 60.6. The van der Waals surface area contributed by atoms with Crippen molar-refractivity contribution >= 4 is 42.0 Å². The van der Waals surface area contributed by atoms with E-state index < -0.39 is 29.7 Å². The minimum Gasteiger partial charge on any atom is -0.488 e. The van der Waals surface area contributed by atoms with Crippen molar-refractivity contribution in [3.05, 3.63) is 89.5 Å². The molecule has 5 heterocycles. The largest absolute Gasteiger partial charge is 0.488 e. The number of nitrogens with zero attached hydrogens (tertiary/aromatic N) is 6. The van der Waals surface area contributed by atoms with Gasteiger partial charge in [-0.05, 0) is 113 Å². The molecule has 0 spiro atoms. The van der Waals surface area contributed by atoms with Crippen LogP contribution >= 0.6 is 0 Å². The number of rotatable bonds is 11. The third-order valence-electron chi connectivity index (χ3n) is 12.7. The van der Waals surface area contributed by atoms with Crippen molar-refractivity contribution < 1.29 is 28.7 Å². The van der Waals surface area contributed by atoms with E-state index in [-0.39, 0.29) is 41.9 Å². The third kappa shape index (κ3) is 7.47. The van der Waals surface area contributed by atoms with E-state index in [2.05, 4.69) is 36.8 Å². The Balaban J connectivity index is 0.796. The molecule has 15 nitrogen and oxygen atoms in total. The Labute approximate surface area is 348 Å². The maximum Gasteiger partial charge on any atom is 0.262 e. The zero-order chi connectivity index (χ0) is 41.5. The van der Waals surface area contributed by atoms with E-state index in [1.54, 1.807) is 18.2 Å². The first-order valence-corrected chi connectivity index (χ1v) is 20.9. The van der Waals surface area contributed by atoms with Gasteiger partial charge in [-0.3, -0.25) is 44.6 Å². The number of carbonyl (C=O) groups is 4. The highest BCUT2D eigenvalue weighted by atomic mass is 16.5. The maximum atomic E-state index is 13.3. The number of aromatic nitrogens is 2. The lowest BCUT2D eigenvalue weighted by Gasteiger charge is -2.48. The van der Waals surface area contributed by atoms with Gasteiger partial charge in [-0.1, -0.05) is 18.2 Å². The van der Waals surface area contributed by atoms with Gasteiger partial charge in [0, 0.05) is 50.7 Å². The molecule has 5 aliphatic rings. The molecular weight excluding hydrogens is 763 g/mol. The van der Waals surface area contributed by atoms with Gasteiger partial charge in [0.2, 0.25) is 11.8 Å². The molecule has 1 aromatic heterocycles. The number of imide groups is 2. The van der Waals surface area contributed by atoms with Crippen molar-refractivity contribution in [1.82, 2.24) is 29.8 Å². The molecule has 310 valence electrons. The van der Waals surface area contributed by atoms with Crippen LogP contribution in [0.4, 0.5) is 5.82 Å². The van der Waals surface area contributed by atoms with Crippen molar-refractivity contribution in [2.75, 3.05) is 38.5 Å². The summed E-state index contributed by atoms with van der Waals surface area (Å²) in [6.07, 6.45) is 6.66. The van der Waals surface area contributed by atoms with Gasteiger partial charge in [0.25, 0.3) is 11.8 Å². The van der Waals surface area contributed by atoms with Crippen molar-refractivity contribution in [2.45, 2.75) is 81.6 Å². The molecule has 0 bridgehead atoms. The normalized spacial score (nSPS) is 23.8. The van der Waals surface area contributed by atoms with Crippen LogP contribution in [0.25, 0.3) is 11.3 Å². The summed E-state index contributed by atoms with van der Waals surface area (Å²) in [5, 5.41) is 19.5. The SMILES string of the molecule is C=NC(=N)c1c(-c2ccc(Oc3ccccc3)cc2)nn([C@@H]2CCCN(C3CCC(N4CC(Oc5ccc6c(c5)C(=O)N(C5CCC(=O)NC5=O)C6=O)C4)CC3)C2)c1NC. The number of amidine groups is 1. The summed E-state index contributed by atoms with van der Waals surface area (Å²) < 4.78 is 14.4. The number of hydrogen-bond donors (Lipinski definition) is 3. The van der Waals surface area contributed by atoms with E-state index in [4.69, 9.17) is 20.0 Å². The molecule has 60 heavy (non-hydrogen) atoms. The maximum absolute atomic E-state index is 13.3. The van der Waals surface area contributed by atoms with Gasteiger partial charge in [-0.2, -0.15) is 5.10 Å². The summed E-state index contributed by atoms with van der Waals surface area (Å²) in [7, 11) is 1.87. The molecule has 3 aromatic carbocycles. The number of ether oxygens (including phenoxy) is 2. The zero-order valence-electron chi connectivity index (χ0n) is 33.6. The van der Waals surface area contributed by atoms with E-state index in [1.807, 2.05) is 61.6 Å². The van der Waals surface area contributed by atoms with Crippen molar-refractivity contribution in [3.63, 3.8) is 0 Å². The van der Waals surface area contributed by atoms with Gasteiger partial charge in [-0.15, -0.1) is 0 Å². The summed E-state index contributed by atoms with van der Waals surface area (Å²) >= 11 is 0. The van der Waals surface area contributed by atoms with Crippen LogP contribution in [0, 0.1) is 5.41 Å². The molecular formula is C45H49N9O6. The lowest BCUT2D eigenvalue weighted by Crippen LogP contribution is -2.59. The van der Waals surface area contributed by atoms with Crippen LogP contribution in [-0.2, 0) is 9.59 Å². The van der Waals surface area contributed by atoms with Crippen LogP contribution in [0.2, 0.25) is 0 Å². The number of amides is 4. The third-order valence-corrected chi connectivity index (χ3v) is 12.7. The highest BCUT2D eigenvalue weighted by Gasteiger charge is 2.45. The predicted octanol–water partition coefficient (Wildman–Crippen LogP) is 5.52. The van der Waals surface area contributed by atoms with Gasteiger partial charge in [-0.25, -0.2) is 9.67 Å². The van der Waals surface area contributed by atoms with E-state index in [9.17, 15) is 19.2 Å². The van der Waals surface area contributed by atoms with Crippen LogP contribution in [-0.4, -0.2) is 118 Å². The summed E-state index contributed by atoms with van der Waals surface area (Å²) in [6, 6.07) is 22.5. The number of anilines is 1. The Kier molecular flexibility index (Phi) is 10.8. The first-order valence-electron chi connectivity index (χ1n) is 20.9. The van der Waals surface area contributed by atoms with Gasteiger partial charge in [0.05, 0.1) is 22.7 Å². The first kappa shape index (κ1) is 39.3. The van der Waals surface area contributed by atoms with Crippen LogP contribution < -0.4 is 20.1 Å². The topological polar surface area (TPSA) is 175 Å². The number of carbonyl (C=O) groups excluding carboxylic acids is 4. The average Bonchev–Trinajstić information content (AvgIpc) is 3.76. The molecule has 15 heteroatoms. The number of para-hydroxylation sites is 1. The van der Waals surface area contributed by atoms with E-state index in [0.29, 0.717) is 34.8 Å². The van der Waals surface area contributed by atoms with Gasteiger partial charge < -0.3 is 14.8 Å². The summed E-state index contributed by atoms with van der Waals surface area (Å²) in [5.41, 5.74) is 2.66. The van der Waals surface area contributed by atoms with Gasteiger partial charge >= 0.3 is 0 Å². The monoisotopic (exact) mass is 811 g/mol. The minimum atomic E-state index is -0.997. The quantitative estimate of drug-likeness (QED) is 0.0994. The fourth-order valence-corrected chi connectivity index (χ4v) is 9.61. The summed E-state index contributed by atoms with van der Waals surface area (Å²) in [5.74, 6) is 0.758. The second kappa shape index (κ2) is 16.5. The number of piperidine rings is 2. The summed E-state index contributed by atoms with van der Waals surface area (Å²) in [6.45, 7) is 7.19. The highest BCUT2D eigenvalue weighted by Crippen LogP contribution is 2.38. The second-order valence-corrected chi connectivity index (χ2v) is 16.3. The predicted molar refractivity (Wildman–Crippen MR) is 225 cm³/mol. The Bertz CT molecular complexity index is 2330. The number of hydrogen-bond acceptors (Lipinski definition) is 11. The number of likely N-dealkylation sites (tertiary alicyclic amines) is 2. The fraction of sp³-hybridized carbons (Fsp3) is 0.400. The van der Waals surface area contributed by atoms with Gasteiger partial charge in [0.1, 0.15) is 40.9 Å². The number of benzene rings is 3. The molecule has 0 radical (unpaired) electrons. The molecule has 3 saturated heterocycles. The standard InChI is InChI=1S/C45H49N9O6/c1-47-41(46)39-40(27-10-16-32(17-11-27)59-31-8-4-3-5-9-31)50-54(42(39)48-2)30-7-6-22-51(24-30)28-12-14-29(15-13-28)52-25-34(26-52)60-33-18-19-35-36(23-33)45(58)53(44(35)57)37-20-21-38(55)49-43(37)56/h3-5,8-11,16-19,23,28-30,34,37,46,48H,1,6-7,12-15,20-22,24-26H2,2H3,(H,49,55,56)/t28?,29?,30-,37?/m1/s1. The highest BCUT2D eigenvalue weighted by molar-refractivity contribution is 6.23. The number of nitrogens with one attached hydrogen (secondary N) is 3. The number of fused-ring (bicyclic) bond motifs is 1. The second-order valence-electron chi connectivity index (χ2n) is 16.3. The van der Waals surface area contributed by atoms with Crippen molar-refractivity contribution in [3.8, 4) is 28.5 Å². The van der Waals surface area contributed by atoms with Gasteiger partial charge in [0.15, 0.2) is 5.84 Å². The minimum absolute atomic E-state index is 0.0226. The fourth-order valence-electron chi connectivity index (χ4n) is 9.61. The van der Waals surface area contributed by atoms with Crippen LogP contribution in [0.1, 0.15) is 83.7 Å². The van der Waals surface area contributed by atoms with E-state index in [1.165, 1.54) is 0 Å².